The fourth-order valence-electron chi connectivity index (χ4n) is 3.34. The van der Waals surface area contributed by atoms with E-state index >= 15 is 0 Å². The molecule has 0 atom stereocenters. The summed E-state index contributed by atoms with van der Waals surface area (Å²) in [6.45, 7) is 0.446. The number of amides is 2. The molecule has 1 aliphatic carbocycles. The average molecular weight is 392 g/mol. The van der Waals surface area contributed by atoms with Crippen LogP contribution in [0.4, 0.5) is 5.00 Å². The van der Waals surface area contributed by atoms with Crippen molar-refractivity contribution in [3.63, 3.8) is 0 Å². The van der Waals surface area contributed by atoms with Gasteiger partial charge in [-0.25, -0.2) is 4.98 Å². The third-order valence-corrected chi connectivity index (χ3v) is 5.92. The molecule has 2 heterocycles. The van der Waals surface area contributed by atoms with Crippen LogP contribution in [-0.4, -0.2) is 21.8 Å². The number of carbonyl (C=O) groups is 2. The molecule has 142 valence electrons. The van der Waals surface area contributed by atoms with Gasteiger partial charge in [0, 0.05) is 23.8 Å². The van der Waals surface area contributed by atoms with E-state index < -0.39 is 0 Å². The van der Waals surface area contributed by atoms with Crippen molar-refractivity contribution in [1.82, 2.24) is 15.3 Å². The average Bonchev–Trinajstić information content (AvgIpc) is 3.11. The summed E-state index contributed by atoms with van der Waals surface area (Å²) >= 11 is 1.49. The van der Waals surface area contributed by atoms with Gasteiger partial charge in [0.2, 0.25) is 0 Å². The maximum atomic E-state index is 13.0. The largest absolute Gasteiger partial charge is 0.348 e. The molecule has 2 amide bonds. The zero-order valence-corrected chi connectivity index (χ0v) is 16.1. The molecule has 4 rings (SSSR count). The van der Waals surface area contributed by atoms with Crippen molar-refractivity contribution < 1.29 is 9.59 Å². The molecule has 0 aliphatic heterocycles. The van der Waals surface area contributed by atoms with Gasteiger partial charge in [0.15, 0.2) is 0 Å². The number of nitrogens with one attached hydrogen (secondary N) is 2. The molecule has 0 fully saturated rings. The van der Waals surface area contributed by atoms with Crippen LogP contribution in [0.5, 0.6) is 0 Å². The van der Waals surface area contributed by atoms with Crippen molar-refractivity contribution in [2.75, 3.05) is 5.32 Å². The number of rotatable bonds is 5. The van der Waals surface area contributed by atoms with Crippen LogP contribution < -0.4 is 10.6 Å². The lowest BCUT2D eigenvalue weighted by Crippen LogP contribution is -2.25. The van der Waals surface area contributed by atoms with Gasteiger partial charge in [-0.3, -0.25) is 14.6 Å². The first-order chi connectivity index (χ1) is 13.7. The Morgan fingerprint density at radius 3 is 2.64 bits per heavy atom. The van der Waals surface area contributed by atoms with Gasteiger partial charge in [-0.2, -0.15) is 0 Å². The third-order valence-electron chi connectivity index (χ3n) is 4.72. The van der Waals surface area contributed by atoms with Crippen molar-refractivity contribution in [3.05, 3.63) is 76.2 Å². The molecule has 2 N–H and O–H groups in total. The lowest BCUT2D eigenvalue weighted by molar-refractivity contribution is 0.0951. The summed E-state index contributed by atoms with van der Waals surface area (Å²) in [7, 11) is 0. The minimum Gasteiger partial charge on any atom is -0.348 e. The van der Waals surface area contributed by atoms with Gasteiger partial charge in [-0.1, -0.05) is 30.3 Å². The van der Waals surface area contributed by atoms with Crippen molar-refractivity contribution in [2.45, 2.75) is 32.2 Å². The fourth-order valence-corrected chi connectivity index (χ4v) is 4.63. The Bertz CT molecular complexity index is 986. The number of hydrogen-bond donors (Lipinski definition) is 2. The van der Waals surface area contributed by atoms with Gasteiger partial charge in [-0.15, -0.1) is 11.3 Å². The lowest BCUT2D eigenvalue weighted by atomic mass is 9.95. The number of aromatic nitrogens is 2. The summed E-state index contributed by atoms with van der Waals surface area (Å²) in [5.74, 6) is -0.512. The molecular weight excluding hydrogens is 372 g/mol. The molecule has 0 unspecified atom stereocenters. The van der Waals surface area contributed by atoms with Crippen molar-refractivity contribution in [3.8, 4) is 0 Å². The second kappa shape index (κ2) is 8.31. The van der Waals surface area contributed by atoms with Crippen LogP contribution in [-0.2, 0) is 19.4 Å². The maximum absolute atomic E-state index is 13.0. The maximum Gasteiger partial charge on any atom is 0.276 e. The van der Waals surface area contributed by atoms with E-state index in [-0.39, 0.29) is 17.5 Å². The van der Waals surface area contributed by atoms with Gasteiger partial charge in [0.1, 0.15) is 10.7 Å². The standard InChI is InChI=1S/C21H20N4O2S/c26-19(16-13-22-10-11-23-16)25-21-18(15-8-4-5-9-17(15)28-21)20(27)24-12-14-6-2-1-3-7-14/h1-3,6-7,10-11,13H,4-5,8-9,12H2,(H,24,27)(H,25,26). The second-order valence-corrected chi connectivity index (χ2v) is 7.73. The predicted octanol–water partition coefficient (Wildman–Crippen LogP) is 3.60. The molecule has 2 aromatic heterocycles. The number of hydrogen-bond acceptors (Lipinski definition) is 5. The molecule has 28 heavy (non-hydrogen) atoms. The molecule has 3 aromatic rings. The van der Waals surface area contributed by atoms with Crippen molar-refractivity contribution >= 4 is 28.2 Å². The first-order valence-electron chi connectivity index (χ1n) is 9.26. The van der Waals surface area contributed by atoms with Crippen LogP contribution in [0.1, 0.15) is 49.7 Å². The van der Waals surface area contributed by atoms with E-state index in [1.807, 2.05) is 30.3 Å². The zero-order valence-electron chi connectivity index (χ0n) is 15.3. The SMILES string of the molecule is O=C(Nc1sc2c(c1C(=O)NCc1ccccc1)CCCC2)c1cnccn1. The summed E-state index contributed by atoms with van der Waals surface area (Å²) in [6, 6.07) is 9.78. The quantitative estimate of drug-likeness (QED) is 0.695. The summed E-state index contributed by atoms with van der Waals surface area (Å²) in [5.41, 5.74) is 2.92. The van der Waals surface area contributed by atoms with Crippen molar-refractivity contribution in [2.24, 2.45) is 0 Å². The predicted molar refractivity (Wildman–Crippen MR) is 109 cm³/mol. The molecule has 0 saturated heterocycles. The molecule has 6 nitrogen and oxygen atoms in total. The summed E-state index contributed by atoms with van der Waals surface area (Å²) < 4.78 is 0. The number of nitrogens with zero attached hydrogens (tertiary/aromatic N) is 2. The number of fused-ring (bicyclic) bond motifs is 1. The van der Waals surface area contributed by atoms with Crippen LogP contribution in [0.25, 0.3) is 0 Å². The Morgan fingerprint density at radius 2 is 1.86 bits per heavy atom. The Morgan fingerprint density at radius 1 is 1.04 bits per heavy atom. The number of aryl methyl sites for hydroxylation is 1. The minimum atomic E-state index is -0.358. The smallest absolute Gasteiger partial charge is 0.276 e. The van der Waals surface area contributed by atoms with E-state index in [1.165, 1.54) is 34.8 Å². The fraction of sp³-hybridized carbons (Fsp3) is 0.238. The van der Waals surface area contributed by atoms with E-state index in [0.717, 1.165) is 36.8 Å². The molecular formula is C21H20N4O2S. The van der Waals surface area contributed by atoms with Crippen LogP contribution in [0, 0.1) is 0 Å². The van der Waals surface area contributed by atoms with E-state index in [0.29, 0.717) is 17.1 Å². The first kappa shape index (κ1) is 18.3. The Labute approximate surface area is 167 Å². The van der Waals surface area contributed by atoms with Gasteiger partial charge >= 0.3 is 0 Å². The number of carbonyl (C=O) groups excluding carboxylic acids is 2. The second-order valence-electron chi connectivity index (χ2n) is 6.63. The molecule has 0 saturated carbocycles. The monoisotopic (exact) mass is 392 g/mol. The number of thiophene rings is 1. The normalized spacial score (nSPS) is 12.9. The van der Waals surface area contributed by atoms with E-state index in [9.17, 15) is 9.59 Å². The summed E-state index contributed by atoms with van der Waals surface area (Å²) in [5, 5.41) is 6.46. The molecule has 1 aliphatic rings. The molecule has 0 radical (unpaired) electrons. The number of anilines is 1. The van der Waals surface area contributed by atoms with Gasteiger partial charge in [0.25, 0.3) is 11.8 Å². The lowest BCUT2D eigenvalue weighted by Gasteiger charge is -2.13. The molecule has 1 aromatic carbocycles. The Kier molecular flexibility index (Phi) is 5.43. The molecule has 7 heteroatoms. The van der Waals surface area contributed by atoms with E-state index in [1.54, 1.807) is 0 Å². The number of benzene rings is 1. The van der Waals surface area contributed by atoms with Crippen LogP contribution >= 0.6 is 11.3 Å². The van der Waals surface area contributed by atoms with Gasteiger partial charge in [0.05, 0.1) is 11.8 Å². The third kappa shape index (κ3) is 3.94. The highest BCUT2D eigenvalue weighted by Crippen LogP contribution is 2.38. The summed E-state index contributed by atoms with van der Waals surface area (Å²) in [6.07, 6.45) is 8.38. The molecule has 0 spiro atoms. The highest BCUT2D eigenvalue weighted by molar-refractivity contribution is 7.17. The van der Waals surface area contributed by atoms with E-state index in [2.05, 4.69) is 20.6 Å². The van der Waals surface area contributed by atoms with Crippen LogP contribution in [0.2, 0.25) is 0 Å². The topological polar surface area (TPSA) is 84.0 Å². The van der Waals surface area contributed by atoms with Crippen molar-refractivity contribution in [1.29, 1.82) is 0 Å². The Balaban J connectivity index is 1.58. The van der Waals surface area contributed by atoms with E-state index in [4.69, 9.17) is 0 Å². The zero-order chi connectivity index (χ0) is 19.3. The van der Waals surface area contributed by atoms with Crippen LogP contribution in [0.15, 0.2) is 48.9 Å². The van der Waals surface area contributed by atoms with Gasteiger partial charge < -0.3 is 10.6 Å². The van der Waals surface area contributed by atoms with Gasteiger partial charge in [-0.05, 0) is 36.8 Å². The highest BCUT2D eigenvalue weighted by Gasteiger charge is 2.26. The molecule has 0 bridgehead atoms. The van der Waals surface area contributed by atoms with Crippen LogP contribution in [0.3, 0.4) is 0 Å². The minimum absolute atomic E-state index is 0.155. The summed E-state index contributed by atoms with van der Waals surface area (Å²) in [4.78, 5) is 34.7. The first-order valence-corrected chi connectivity index (χ1v) is 10.1. The Hall–Kier alpha value is -3.06. The highest BCUT2D eigenvalue weighted by atomic mass is 32.1.